The number of hydrogen-bond donors (Lipinski definition) is 2. The van der Waals surface area contributed by atoms with Gasteiger partial charge in [-0.2, -0.15) is 0 Å². The minimum Gasteiger partial charge on any atom is -0.406 e. The van der Waals surface area contributed by atoms with Gasteiger partial charge in [-0.3, -0.25) is 4.99 Å². The molecular formula is C22H33F3N4O2. The summed E-state index contributed by atoms with van der Waals surface area (Å²) in [6, 6.07) is 5.26. The first-order valence-corrected chi connectivity index (χ1v) is 11.1. The van der Waals surface area contributed by atoms with Gasteiger partial charge in [0.2, 0.25) is 0 Å². The van der Waals surface area contributed by atoms with E-state index in [0.717, 1.165) is 38.6 Å². The molecule has 0 spiro atoms. The van der Waals surface area contributed by atoms with E-state index in [9.17, 15) is 18.3 Å². The summed E-state index contributed by atoms with van der Waals surface area (Å²) in [7, 11) is 0. The molecule has 9 heteroatoms. The van der Waals surface area contributed by atoms with Gasteiger partial charge in [0.1, 0.15) is 5.75 Å². The lowest BCUT2D eigenvalue weighted by Crippen LogP contribution is -2.41. The Bertz CT molecular complexity index is 706. The molecule has 1 aromatic carbocycles. The number of ether oxygens (including phenoxy) is 1. The molecule has 0 aliphatic carbocycles. The Morgan fingerprint density at radius 2 is 1.90 bits per heavy atom. The van der Waals surface area contributed by atoms with Gasteiger partial charge in [-0.15, -0.1) is 13.2 Å². The highest BCUT2D eigenvalue weighted by Crippen LogP contribution is 2.25. The number of hydrogen-bond acceptors (Lipinski definition) is 4. The van der Waals surface area contributed by atoms with Gasteiger partial charge in [0.25, 0.3) is 0 Å². The molecule has 0 amide bonds. The van der Waals surface area contributed by atoms with Crippen molar-refractivity contribution in [2.75, 3.05) is 45.8 Å². The van der Waals surface area contributed by atoms with Gasteiger partial charge >= 0.3 is 6.36 Å². The van der Waals surface area contributed by atoms with Crippen molar-refractivity contribution in [2.24, 2.45) is 10.9 Å². The molecule has 2 unspecified atom stereocenters. The van der Waals surface area contributed by atoms with Crippen molar-refractivity contribution in [1.29, 1.82) is 0 Å². The maximum Gasteiger partial charge on any atom is 0.573 e. The van der Waals surface area contributed by atoms with Crippen LogP contribution in [0.25, 0.3) is 0 Å². The topological polar surface area (TPSA) is 60.3 Å². The van der Waals surface area contributed by atoms with Crippen LogP contribution in [0.3, 0.4) is 0 Å². The Morgan fingerprint density at radius 1 is 1.19 bits per heavy atom. The summed E-state index contributed by atoms with van der Waals surface area (Å²) in [5.41, 5.74) is 0.499. The third-order valence-corrected chi connectivity index (χ3v) is 5.80. The number of rotatable bonds is 7. The molecule has 0 bridgehead atoms. The van der Waals surface area contributed by atoms with Gasteiger partial charge in [0, 0.05) is 26.2 Å². The molecule has 2 heterocycles. The Kier molecular flexibility index (Phi) is 8.43. The summed E-state index contributed by atoms with van der Waals surface area (Å²) in [4.78, 5) is 9.40. The van der Waals surface area contributed by atoms with Crippen LogP contribution in [0.5, 0.6) is 5.75 Å². The molecule has 2 N–H and O–H groups in total. The maximum absolute atomic E-state index is 12.3. The van der Waals surface area contributed by atoms with Crippen molar-refractivity contribution in [2.45, 2.75) is 45.1 Å². The lowest BCUT2D eigenvalue weighted by Gasteiger charge is -2.29. The second-order valence-electron chi connectivity index (χ2n) is 8.29. The average molecular weight is 443 g/mol. The van der Waals surface area contributed by atoms with E-state index in [0.29, 0.717) is 11.5 Å². The number of likely N-dealkylation sites (tertiary alicyclic amines) is 2. The molecule has 0 radical (unpaired) electrons. The fourth-order valence-electron chi connectivity index (χ4n) is 4.28. The summed E-state index contributed by atoms with van der Waals surface area (Å²) in [5.74, 6) is 1.09. The molecule has 3 rings (SSSR count). The van der Waals surface area contributed by atoms with Crippen molar-refractivity contribution in [3.63, 3.8) is 0 Å². The number of alkyl halides is 3. The number of nitrogens with one attached hydrogen (secondary N) is 1. The number of aliphatic imine (C=N–C) groups is 1. The molecular weight excluding hydrogens is 409 g/mol. The number of piperidine rings is 1. The van der Waals surface area contributed by atoms with Gasteiger partial charge in [0.15, 0.2) is 5.96 Å². The van der Waals surface area contributed by atoms with E-state index in [2.05, 4.69) is 24.8 Å². The third-order valence-electron chi connectivity index (χ3n) is 5.80. The molecule has 1 aromatic rings. The van der Waals surface area contributed by atoms with E-state index in [1.54, 1.807) is 0 Å². The second kappa shape index (κ2) is 11.0. The minimum absolute atomic E-state index is 0.134. The number of halogens is 3. The van der Waals surface area contributed by atoms with Crippen molar-refractivity contribution >= 4 is 5.96 Å². The van der Waals surface area contributed by atoms with Gasteiger partial charge in [-0.25, -0.2) is 0 Å². The summed E-state index contributed by atoms with van der Waals surface area (Å²) < 4.78 is 40.7. The lowest BCUT2D eigenvalue weighted by molar-refractivity contribution is -0.274. The first-order chi connectivity index (χ1) is 14.8. The highest BCUT2D eigenvalue weighted by atomic mass is 19.4. The zero-order chi connectivity index (χ0) is 22.3. The zero-order valence-corrected chi connectivity index (χ0v) is 18.1. The van der Waals surface area contributed by atoms with E-state index in [1.807, 2.05) is 6.92 Å². The van der Waals surface area contributed by atoms with E-state index < -0.39 is 12.5 Å². The largest absolute Gasteiger partial charge is 0.573 e. The van der Waals surface area contributed by atoms with Crippen LogP contribution in [0.1, 0.15) is 44.3 Å². The molecule has 2 aliphatic heterocycles. The van der Waals surface area contributed by atoms with E-state index >= 15 is 0 Å². The SMILES string of the molecule is CCNC(=NCC(O)c1ccc(OC(F)(F)F)cc1)N1CCC(CN2CCCCC2)C1. The Morgan fingerprint density at radius 3 is 2.55 bits per heavy atom. The molecule has 2 aliphatic rings. The van der Waals surface area contributed by atoms with Crippen LogP contribution in [0.2, 0.25) is 0 Å². The number of nitrogens with zero attached hydrogens (tertiary/aromatic N) is 3. The van der Waals surface area contributed by atoms with Crippen molar-refractivity contribution in [3.05, 3.63) is 29.8 Å². The van der Waals surface area contributed by atoms with Crippen molar-refractivity contribution in [3.8, 4) is 5.75 Å². The van der Waals surface area contributed by atoms with Gasteiger partial charge in [0.05, 0.1) is 12.6 Å². The number of aliphatic hydroxyl groups is 1. The molecule has 2 saturated heterocycles. The van der Waals surface area contributed by atoms with Crippen LogP contribution in [0, 0.1) is 5.92 Å². The van der Waals surface area contributed by atoms with Crippen molar-refractivity contribution in [1.82, 2.24) is 15.1 Å². The summed E-state index contributed by atoms with van der Waals surface area (Å²) in [5, 5.41) is 13.7. The van der Waals surface area contributed by atoms with Crippen LogP contribution >= 0.6 is 0 Å². The average Bonchev–Trinajstić information content (AvgIpc) is 3.19. The van der Waals surface area contributed by atoms with Crippen LogP contribution in [-0.2, 0) is 0 Å². The van der Waals surface area contributed by atoms with Gasteiger partial charge in [-0.1, -0.05) is 18.6 Å². The van der Waals surface area contributed by atoms with Crippen molar-refractivity contribution < 1.29 is 23.0 Å². The fourth-order valence-corrected chi connectivity index (χ4v) is 4.28. The van der Waals surface area contributed by atoms with E-state index in [-0.39, 0.29) is 12.3 Å². The van der Waals surface area contributed by atoms with Gasteiger partial charge in [-0.05, 0) is 62.9 Å². The third kappa shape index (κ3) is 7.57. The van der Waals surface area contributed by atoms with E-state index in [1.165, 1.54) is 56.6 Å². The molecule has 2 fully saturated rings. The first kappa shape index (κ1) is 23.7. The van der Waals surface area contributed by atoms with Crippen LogP contribution in [0.4, 0.5) is 13.2 Å². The Hall–Kier alpha value is -2.00. The standard InChI is InChI=1S/C22H33F3N4O2/c1-2-26-21(29-13-10-17(16-29)15-28-11-4-3-5-12-28)27-14-20(30)18-6-8-19(9-7-18)31-22(23,24)25/h6-9,17,20,30H,2-5,10-16H2,1H3,(H,26,27). The predicted molar refractivity (Wildman–Crippen MR) is 114 cm³/mol. The van der Waals surface area contributed by atoms with Crippen LogP contribution in [0.15, 0.2) is 29.3 Å². The summed E-state index contributed by atoms with van der Waals surface area (Å²) in [6.45, 7) is 8.28. The molecule has 174 valence electrons. The second-order valence-corrected chi connectivity index (χ2v) is 8.29. The molecule has 31 heavy (non-hydrogen) atoms. The Labute approximate surface area is 182 Å². The van der Waals surface area contributed by atoms with Crippen LogP contribution < -0.4 is 10.1 Å². The smallest absolute Gasteiger partial charge is 0.406 e. The number of benzene rings is 1. The number of aliphatic hydroxyl groups excluding tert-OH is 1. The highest BCUT2D eigenvalue weighted by molar-refractivity contribution is 5.80. The van der Waals surface area contributed by atoms with Gasteiger partial charge < -0.3 is 25.0 Å². The molecule has 6 nitrogen and oxygen atoms in total. The normalized spacial score (nSPS) is 21.9. The first-order valence-electron chi connectivity index (χ1n) is 11.1. The monoisotopic (exact) mass is 442 g/mol. The fraction of sp³-hybridized carbons (Fsp3) is 0.682. The molecule has 0 saturated carbocycles. The minimum atomic E-state index is -4.73. The summed E-state index contributed by atoms with van der Waals surface area (Å²) in [6.07, 6.45) is -0.578. The lowest BCUT2D eigenvalue weighted by atomic mass is 10.1. The quantitative estimate of drug-likeness (QED) is 0.501. The summed E-state index contributed by atoms with van der Waals surface area (Å²) >= 11 is 0. The molecule has 0 aromatic heterocycles. The van der Waals surface area contributed by atoms with Crippen LogP contribution in [-0.4, -0.2) is 73.0 Å². The highest BCUT2D eigenvalue weighted by Gasteiger charge is 2.31. The zero-order valence-electron chi connectivity index (χ0n) is 18.1. The number of guanidine groups is 1. The Balaban J connectivity index is 1.54. The predicted octanol–water partition coefficient (Wildman–Crippen LogP) is 3.39. The van der Waals surface area contributed by atoms with E-state index in [4.69, 9.17) is 0 Å². The maximum atomic E-state index is 12.3. The molecule has 2 atom stereocenters.